The second-order valence-electron chi connectivity index (χ2n) is 6.42. The normalized spacial score (nSPS) is 19.4. The van der Waals surface area contributed by atoms with Crippen LogP contribution in [0.1, 0.15) is 27.7 Å². The zero-order chi connectivity index (χ0) is 16.0. The van der Waals surface area contributed by atoms with Crippen LogP contribution in [0.25, 0.3) is 11.3 Å². The molecule has 6 heteroatoms. The summed E-state index contributed by atoms with van der Waals surface area (Å²) in [5.74, 6) is -0.279. The van der Waals surface area contributed by atoms with Gasteiger partial charge >= 0.3 is 7.12 Å². The number of hydrogen-bond donors (Lipinski definition) is 0. The molecule has 0 aliphatic carbocycles. The Bertz CT molecular complexity index is 673. The van der Waals surface area contributed by atoms with Crippen molar-refractivity contribution < 1.29 is 13.7 Å². The van der Waals surface area contributed by atoms with Crippen LogP contribution < -0.4 is 5.59 Å². The summed E-state index contributed by atoms with van der Waals surface area (Å²) in [7, 11) is -0.558. The first-order valence-corrected chi connectivity index (χ1v) is 7.22. The molecule has 1 aliphatic rings. The second-order valence-corrected chi connectivity index (χ2v) is 6.42. The van der Waals surface area contributed by atoms with Gasteiger partial charge in [-0.3, -0.25) is 9.97 Å². The molecule has 1 aromatic heterocycles. The maximum absolute atomic E-state index is 13.0. The van der Waals surface area contributed by atoms with E-state index >= 15 is 0 Å². The van der Waals surface area contributed by atoms with Crippen molar-refractivity contribution in [3.05, 3.63) is 42.5 Å². The lowest BCUT2D eigenvalue weighted by molar-refractivity contribution is 0.00578. The standard InChI is InChI=1S/C16H18BFN2O2/c1-15(2)16(3,4)22-17(21-15)14-10-19-9-13(20-14)11-5-7-12(18)8-6-11/h5-10H,1-4H3. The first kappa shape index (κ1) is 15.1. The third-order valence-corrected chi connectivity index (χ3v) is 4.29. The minimum Gasteiger partial charge on any atom is -0.398 e. The Kier molecular flexibility index (Phi) is 3.53. The number of rotatable bonds is 2. The van der Waals surface area contributed by atoms with Crippen LogP contribution in [-0.4, -0.2) is 28.3 Å². The van der Waals surface area contributed by atoms with E-state index in [1.807, 2.05) is 27.7 Å². The molecule has 2 aromatic rings. The van der Waals surface area contributed by atoms with Crippen LogP contribution in [-0.2, 0) is 9.31 Å². The Hall–Kier alpha value is -1.79. The van der Waals surface area contributed by atoms with E-state index < -0.39 is 18.3 Å². The Morgan fingerprint density at radius 2 is 1.55 bits per heavy atom. The van der Waals surface area contributed by atoms with Crippen molar-refractivity contribution in [2.24, 2.45) is 0 Å². The molecule has 0 N–H and O–H groups in total. The molecule has 4 nitrogen and oxygen atoms in total. The van der Waals surface area contributed by atoms with Crippen molar-refractivity contribution in [3.63, 3.8) is 0 Å². The van der Waals surface area contributed by atoms with Crippen LogP contribution >= 0.6 is 0 Å². The minimum absolute atomic E-state index is 0.279. The maximum atomic E-state index is 13.0. The molecule has 0 bridgehead atoms. The van der Waals surface area contributed by atoms with Crippen molar-refractivity contribution >= 4 is 12.7 Å². The summed E-state index contributed by atoms with van der Waals surface area (Å²) in [6.45, 7) is 7.96. The molecule has 0 saturated carbocycles. The fourth-order valence-corrected chi connectivity index (χ4v) is 2.22. The van der Waals surface area contributed by atoms with Gasteiger partial charge in [0.15, 0.2) is 0 Å². The van der Waals surface area contributed by atoms with Gasteiger partial charge in [-0.15, -0.1) is 0 Å². The zero-order valence-electron chi connectivity index (χ0n) is 13.1. The monoisotopic (exact) mass is 300 g/mol. The molecule has 0 amide bonds. The average Bonchev–Trinajstić information content (AvgIpc) is 2.68. The molecular formula is C16H18BFN2O2. The summed E-state index contributed by atoms with van der Waals surface area (Å²) in [5, 5.41) is 0. The minimum atomic E-state index is -0.558. The molecule has 114 valence electrons. The molecule has 22 heavy (non-hydrogen) atoms. The third-order valence-electron chi connectivity index (χ3n) is 4.29. The number of hydrogen-bond acceptors (Lipinski definition) is 4. The molecular weight excluding hydrogens is 282 g/mol. The number of benzene rings is 1. The lowest BCUT2D eigenvalue weighted by atomic mass is 9.85. The van der Waals surface area contributed by atoms with Gasteiger partial charge in [-0.2, -0.15) is 0 Å². The summed E-state index contributed by atoms with van der Waals surface area (Å²) in [6, 6.07) is 6.15. The number of nitrogens with zero attached hydrogens (tertiary/aromatic N) is 2. The molecule has 1 aliphatic heterocycles. The van der Waals surface area contributed by atoms with Crippen molar-refractivity contribution in [2.45, 2.75) is 38.9 Å². The van der Waals surface area contributed by atoms with Gasteiger partial charge in [0.2, 0.25) is 0 Å². The van der Waals surface area contributed by atoms with Gasteiger partial charge in [0.25, 0.3) is 0 Å². The van der Waals surface area contributed by atoms with E-state index in [2.05, 4.69) is 9.97 Å². The lowest BCUT2D eigenvalue weighted by Crippen LogP contribution is -2.41. The van der Waals surface area contributed by atoms with Crippen LogP contribution in [0.5, 0.6) is 0 Å². The van der Waals surface area contributed by atoms with Crippen molar-refractivity contribution in [3.8, 4) is 11.3 Å². The van der Waals surface area contributed by atoms with Gasteiger partial charge in [0, 0.05) is 11.8 Å². The molecule has 3 rings (SSSR count). The SMILES string of the molecule is CC1(C)OB(c2cncc(-c3ccc(F)cc3)n2)OC1(C)C. The van der Waals surface area contributed by atoms with Crippen LogP contribution in [0.4, 0.5) is 4.39 Å². The highest BCUT2D eigenvalue weighted by Crippen LogP contribution is 2.36. The predicted molar refractivity (Wildman–Crippen MR) is 83.1 cm³/mol. The molecule has 1 fully saturated rings. The van der Waals surface area contributed by atoms with Gasteiger partial charge in [0.05, 0.1) is 28.7 Å². The van der Waals surface area contributed by atoms with E-state index in [-0.39, 0.29) is 5.82 Å². The molecule has 0 spiro atoms. The van der Waals surface area contributed by atoms with Gasteiger partial charge in [-0.25, -0.2) is 4.39 Å². The Morgan fingerprint density at radius 1 is 0.955 bits per heavy atom. The van der Waals surface area contributed by atoms with Crippen molar-refractivity contribution in [1.29, 1.82) is 0 Å². The van der Waals surface area contributed by atoms with E-state index in [9.17, 15) is 4.39 Å². The molecule has 0 radical (unpaired) electrons. The van der Waals surface area contributed by atoms with E-state index in [4.69, 9.17) is 9.31 Å². The highest BCUT2D eigenvalue weighted by atomic mass is 19.1. The summed E-state index contributed by atoms with van der Waals surface area (Å²) in [5.41, 5.74) is 1.22. The summed E-state index contributed by atoms with van der Waals surface area (Å²) in [4.78, 5) is 8.76. The van der Waals surface area contributed by atoms with Gasteiger partial charge in [0.1, 0.15) is 5.82 Å². The van der Waals surface area contributed by atoms with E-state index in [1.165, 1.54) is 12.1 Å². The highest BCUT2D eigenvalue weighted by Gasteiger charge is 2.52. The maximum Gasteiger partial charge on any atom is 0.516 e. The topological polar surface area (TPSA) is 44.2 Å². The smallest absolute Gasteiger partial charge is 0.398 e. The average molecular weight is 300 g/mol. The van der Waals surface area contributed by atoms with Crippen LogP contribution in [0.3, 0.4) is 0 Å². The Balaban J connectivity index is 1.91. The molecule has 0 unspecified atom stereocenters. The Labute approximate surface area is 129 Å². The van der Waals surface area contributed by atoms with Gasteiger partial charge < -0.3 is 9.31 Å². The van der Waals surface area contributed by atoms with Crippen LogP contribution in [0.2, 0.25) is 0 Å². The van der Waals surface area contributed by atoms with E-state index in [0.29, 0.717) is 11.3 Å². The van der Waals surface area contributed by atoms with Gasteiger partial charge in [-0.05, 0) is 52.0 Å². The zero-order valence-corrected chi connectivity index (χ0v) is 13.1. The quantitative estimate of drug-likeness (QED) is 0.800. The largest absolute Gasteiger partial charge is 0.516 e. The van der Waals surface area contributed by atoms with Crippen molar-refractivity contribution in [2.75, 3.05) is 0 Å². The predicted octanol–water partition coefficient (Wildman–Crippen LogP) is 2.58. The van der Waals surface area contributed by atoms with Crippen molar-refractivity contribution in [1.82, 2.24) is 9.97 Å². The third kappa shape index (κ3) is 2.64. The summed E-state index contributed by atoms with van der Waals surface area (Å²) < 4.78 is 25.0. The van der Waals surface area contributed by atoms with E-state index in [1.54, 1.807) is 24.5 Å². The molecule has 2 heterocycles. The number of aromatic nitrogens is 2. The Morgan fingerprint density at radius 3 is 2.14 bits per heavy atom. The van der Waals surface area contributed by atoms with Gasteiger partial charge in [-0.1, -0.05) is 0 Å². The van der Waals surface area contributed by atoms with Crippen LogP contribution in [0, 0.1) is 5.82 Å². The highest BCUT2D eigenvalue weighted by molar-refractivity contribution is 6.61. The fourth-order valence-electron chi connectivity index (χ4n) is 2.22. The molecule has 0 atom stereocenters. The summed E-state index contributed by atoms with van der Waals surface area (Å²) >= 11 is 0. The lowest BCUT2D eigenvalue weighted by Gasteiger charge is -2.32. The summed E-state index contributed by atoms with van der Waals surface area (Å²) in [6.07, 6.45) is 3.27. The fraction of sp³-hybridized carbons (Fsp3) is 0.375. The second kappa shape index (κ2) is 5.14. The van der Waals surface area contributed by atoms with E-state index in [0.717, 1.165) is 5.56 Å². The first-order valence-electron chi connectivity index (χ1n) is 7.22. The van der Waals surface area contributed by atoms with Crippen LogP contribution in [0.15, 0.2) is 36.7 Å². The number of halogens is 1. The molecule has 1 aromatic carbocycles. The molecule has 1 saturated heterocycles. The first-order chi connectivity index (χ1) is 10.3.